The zero-order chi connectivity index (χ0) is 38.4. The number of rotatable bonds is 10. The summed E-state index contributed by atoms with van der Waals surface area (Å²) in [5, 5.41) is 13.8. The van der Waals surface area contributed by atoms with Gasteiger partial charge < -0.3 is 34.5 Å². The van der Waals surface area contributed by atoms with Crippen LogP contribution in [0.2, 0.25) is 0 Å². The molecule has 4 atom stereocenters. The molecule has 2 aromatic heterocycles. The highest BCUT2D eigenvalue weighted by Crippen LogP contribution is 2.34. The molecule has 0 aliphatic carbocycles. The summed E-state index contributed by atoms with van der Waals surface area (Å²) >= 11 is 0. The quantitative estimate of drug-likeness (QED) is 0.0903. The summed E-state index contributed by atoms with van der Waals surface area (Å²) in [4.78, 5) is 79.1. The van der Waals surface area contributed by atoms with Gasteiger partial charge in [-0.1, -0.05) is 27.7 Å². The van der Waals surface area contributed by atoms with E-state index < -0.39 is 83.2 Å². The van der Waals surface area contributed by atoms with Crippen molar-refractivity contribution in [1.29, 1.82) is 0 Å². The summed E-state index contributed by atoms with van der Waals surface area (Å²) in [5.41, 5.74) is 3.33. The number of aliphatic imine (C=N–C) groups is 1. The number of imidazole rings is 1. The number of H-pyrrole nitrogens is 1. The second-order valence-corrected chi connectivity index (χ2v) is 14.5. The average molecular weight is 723 g/mol. The molecule has 1 aliphatic heterocycles. The molecular weight excluding hydrogens is 672 g/mol. The van der Waals surface area contributed by atoms with E-state index in [9.17, 15) is 29.1 Å². The van der Waals surface area contributed by atoms with Gasteiger partial charge >= 0.3 is 18.2 Å². The zero-order valence-electron chi connectivity index (χ0n) is 30.7. The number of nitrogens with two attached hydrogens (primary N) is 1. The highest BCUT2D eigenvalue weighted by atomic mass is 16.6. The molecule has 3 amide bonds. The standard InChI is InChI=1S/C32H50N8O11/c1-16(2)23(42)37-28(38-29(45)50-31(5,6)7)39(30(46)51-32(8,9)10)12-11-13-47-21-20(41)18(14-48-26(44)17(3)4)49-25(21)40-15-34-19-22(40)35-27(33)36-24(19)43/h15-18,20-21,25,41H,11-14H2,1-10H3,(H3,33,35,36,43)(H,37,38,42,45)/t18-,20-,21-,25-/m1/s1. The summed E-state index contributed by atoms with van der Waals surface area (Å²) < 4.78 is 29.8. The topological polar surface area (TPSA) is 252 Å². The van der Waals surface area contributed by atoms with Crippen molar-refractivity contribution in [2.75, 3.05) is 25.5 Å². The van der Waals surface area contributed by atoms with Crippen molar-refractivity contribution in [2.45, 2.75) is 111 Å². The number of nitrogen functional groups attached to an aromatic ring is 1. The van der Waals surface area contributed by atoms with Crippen molar-refractivity contribution in [3.05, 3.63) is 16.7 Å². The van der Waals surface area contributed by atoms with E-state index in [2.05, 4.69) is 25.3 Å². The molecule has 1 aliphatic rings. The van der Waals surface area contributed by atoms with Gasteiger partial charge in [-0.25, -0.2) is 19.5 Å². The number of carbonyl (C=O) groups is 4. The number of aromatic amines is 1. The van der Waals surface area contributed by atoms with Crippen LogP contribution in [0.1, 0.15) is 81.9 Å². The minimum absolute atomic E-state index is 0.0380. The van der Waals surface area contributed by atoms with E-state index in [1.165, 1.54) is 10.9 Å². The molecule has 2 aromatic rings. The van der Waals surface area contributed by atoms with E-state index in [-0.39, 0.29) is 43.3 Å². The van der Waals surface area contributed by atoms with Crippen molar-refractivity contribution in [3.63, 3.8) is 0 Å². The first-order valence-corrected chi connectivity index (χ1v) is 16.5. The Labute approximate surface area is 295 Å². The largest absolute Gasteiger partial charge is 0.463 e. The zero-order valence-corrected chi connectivity index (χ0v) is 30.7. The number of aromatic nitrogens is 4. The Kier molecular flexibility index (Phi) is 13.3. The maximum absolute atomic E-state index is 13.4. The molecule has 3 heterocycles. The normalized spacial score (nSPS) is 19.7. The minimum atomic E-state index is -1.34. The number of nitrogens with zero attached hydrogens (tertiary/aromatic N) is 5. The van der Waals surface area contributed by atoms with Crippen LogP contribution >= 0.6 is 0 Å². The molecule has 3 rings (SSSR count). The third kappa shape index (κ3) is 11.4. The molecule has 5 N–H and O–H groups in total. The first kappa shape index (κ1) is 40.8. The molecule has 51 heavy (non-hydrogen) atoms. The lowest BCUT2D eigenvalue weighted by atomic mass is 10.1. The van der Waals surface area contributed by atoms with Crippen molar-refractivity contribution in [3.8, 4) is 0 Å². The lowest BCUT2D eigenvalue weighted by Gasteiger charge is -2.29. The second-order valence-electron chi connectivity index (χ2n) is 14.5. The molecule has 0 aromatic carbocycles. The Balaban J connectivity index is 1.90. The summed E-state index contributed by atoms with van der Waals surface area (Å²) in [6.45, 7) is 15.8. The fraction of sp³-hybridized carbons (Fsp3) is 0.688. The van der Waals surface area contributed by atoms with Crippen molar-refractivity contribution in [1.82, 2.24) is 29.7 Å². The number of hydrogen-bond donors (Lipinski definition) is 4. The van der Waals surface area contributed by atoms with Crippen molar-refractivity contribution >= 4 is 47.1 Å². The maximum Gasteiger partial charge on any atom is 0.437 e. The minimum Gasteiger partial charge on any atom is -0.463 e. The van der Waals surface area contributed by atoms with Gasteiger partial charge in [0.15, 0.2) is 17.4 Å². The molecule has 1 fully saturated rings. The number of guanidine groups is 1. The van der Waals surface area contributed by atoms with Gasteiger partial charge in [-0.2, -0.15) is 4.98 Å². The second kappa shape index (κ2) is 16.6. The molecule has 0 spiro atoms. The molecular formula is C32H50N8O11. The number of fused-ring (bicyclic) bond motifs is 1. The summed E-state index contributed by atoms with van der Waals surface area (Å²) in [6, 6.07) is 0. The third-order valence-electron chi connectivity index (χ3n) is 6.95. The Morgan fingerprint density at radius 3 is 2.33 bits per heavy atom. The van der Waals surface area contributed by atoms with Gasteiger partial charge in [0, 0.05) is 19.1 Å². The van der Waals surface area contributed by atoms with Crippen molar-refractivity contribution < 1.29 is 48.0 Å². The van der Waals surface area contributed by atoms with Crippen molar-refractivity contribution in [2.24, 2.45) is 16.8 Å². The van der Waals surface area contributed by atoms with E-state index >= 15 is 0 Å². The molecule has 1 saturated heterocycles. The fourth-order valence-electron chi connectivity index (χ4n) is 4.54. The van der Waals surface area contributed by atoms with E-state index in [4.69, 9.17) is 29.4 Å². The number of anilines is 1. The van der Waals surface area contributed by atoms with Gasteiger partial charge in [-0.15, -0.1) is 4.99 Å². The highest BCUT2D eigenvalue weighted by molar-refractivity contribution is 6.06. The summed E-state index contributed by atoms with van der Waals surface area (Å²) in [6.07, 6.45) is -5.25. The van der Waals surface area contributed by atoms with Gasteiger partial charge in [0.05, 0.1) is 12.2 Å². The van der Waals surface area contributed by atoms with E-state index in [0.29, 0.717) is 0 Å². The van der Waals surface area contributed by atoms with Crippen LogP contribution in [0.15, 0.2) is 16.1 Å². The van der Waals surface area contributed by atoms with E-state index in [1.807, 2.05) is 0 Å². The Morgan fingerprint density at radius 2 is 1.75 bits per heavy atom. The molecule has 19 heteroatoms. The van der Waals surface area contributed by atoms with Crippen LogP contribution in [0.4, 0.5) is 15.5 Å². The van der Waals surface area contributed by atoms with Crippen LogP contribution in [0.5, 0.6) is 0 Å². The van der Waals surface area contributed by atoms with Crippen LogP contribution in [0.3, 0.4) is 0 Å². The van der Waals surface area contributed by atoms with E-state index in [0.717, 1.165) is 4.90 Å². The first-order chi connectivity index (χ1) is 23.6. The lowest BCUT2D eigenvalue weighted by Crippen LogP contribution is -2.50. The molecule has 0 unspecified atom stereocenters. The Morgan fingerprint density at radius 1 is 1.10 bits per heavy atom. The lowest BCUT2D eigenvalue weighted by molar-refractivity contribution is -0.153. The number of nitrogens with one attached hydrogen (secondary N) is 2. The number of amides is 3. The number of esters is 1. The van der Waals surface area contributed by atoms with Gasteiger partial charge in [0.25, 0.3) is 5.56 Å². The predicted molar refractivity (Wildman–Crippen MR) is 182 cm³/mol. The van der Waals surface area contributed by atoms with Crippen LogP contribution < -0.4 is 16.6 Å². The Bertz CT molecular complexity index is 1650. The summed E-state index contributed by atoms with van der Waals surface area (Å²) in [5.74, 6) is -2.58. The molecule has 0 bridgehead atoms. The number of aliphatic hydroxyl groups excluding tert-OH is 1. The molecule has 19 nitrogen and oxygen atoms in total. The number of ether oxygens (including phenoxy) is 5. The smallest absolute Gasteiger partial charge is 0.437 e. The van der Waals surface area contributed by atoms with Crippen LogP contribution in [0, 0.1) is 11.8 Å². The van der Waals surface area contributed by atoms with Crippen LogP contribution in [-0.2, 0) is 33.3 Å². The molecule has 284 valence electrons. The molecule has 0 radical (unpaired) electrons. The van der Waals surface area contributed by atoms with Gasteiger partial charge in [0.1, 0.15) is 36.1 Å². The monoisotopic (exact) mass is 722 g/mol. The maximum atomic E-state index is 13.4. The van der Waals surface area contributed by atoms with E-state index in [1.54, 1.807) is 69.2 Å². The van der Waals surface area contributed by atoms with Gasteiger partial charge in [0.2, 0.25) is 17.8 Å². The van der Waals surface area contributed by atoms with Gasteiger partial charge in [-0.05, 0) is 48.0 Å². The van der Waals surface area contributed by atoms with Crippen LogP contribution in [0.25, 0.3) is 11.2 Å². The number of carbonyl (C=O) groups excluding carboxylic acids is 4. The summed E-state index contributed by atoms with van der Waals surface area (Å²) in [7, 11) is 0. The molecule has 0 saturated carbocycles. The van der Waals surface area contributed by atoms with Crippen LogP contribution in [-0.4, -0.2) is 109 Å². The van der Waals surface area contributed by atoms with Gasteiger partial charge in [-0.3, -0.25) is 29.3 Å². The fourth-order valence-corrected chi connectivity index (χ4v) is 4.54. The Hall–Kier alpha value is -4.62. The first-order valence-electron chi connectivity index (χ1n) is 16.5. The predicted octanol–water partition coefficient (Wildman–Crippen LogP) is 2.24. The third-order valence-corrected chi connectivity index (χ3v) is 6.95. The highest BCUT2D eigenvalue weighted by Gasteiger charge is 2.47. The average Bonchev–Trinajstić information content (AvgIpc) is 3.53. The SMILES string of the molecule is CC(C)C(=O)NC(=NC(=O)OC(C)(C)C)N(CCCO[C@@H]1[C@H](O)[C@@H](COC(=O)C(C)C)O[C@H]1n1cnc2c(=O)[nH]c(N)nc21)C(=O)OC(C)(C)C. The number of aliphatic hydroxyl groups is 1. The number of hydrogen-bond acceptors (Lipinski definition) is 14.